The number of hydrogen-bond donors (Lipinski definition) is 1. The lowest BCUT2D eigenvalue weighted by Crippen LogP contribution is -2.13. The van der Waals surface area contributed by atoms with Crippen molar-refractivity contribution >= 4 is 38.2 Å². The summed E-state index contributed by atoms with van der Waals surface area (Å²) in [7, 11) is -3.73. The Bertz CT molecular complexity index is 890. The largest absolute Gasteiger partial charge is 0.277 e. The van der Waals surface area contributed by atoms with Gasteiger partial charge in [-0.25, -0.2) is 13.4 Å². The minimum absolute atomic E-state index is 0.0415. The van der Waals surface area contributed by atoms with E-state index in [2.05, 4.69) is 14.7 Å². The van der Waals surface area contributed by atoms with Crippen molar-refractivity contribution in [2.24, 2.45) is 0 Å². The molecule has 1 aromatic carbocycles. The molecule has 0 aliphatic carbocycles. The predicted octanol–water partition coefficient (Wildman–Crippen LogP) is 3.08. The van der Waals surface area contributed by atoms with Crippen LogP contribution in [0.2, 0.25) is 5.15 Å². The summed E-state index contributed by atoms with van der Waals surface area (Å²) in [6.07, 6.45) is 2.83. The maximum Gasteiger partial charge on any atom is 0.263 e. The van der Waals surface area contributed by atoms with Crippen LogP contribution in [0.25, 0.3) is 10.9 Å². The SMILES string of the molecule is O=S(=O)(Nc1cccc2cccnc12)c1ccc(Cl)nc1. The Morgan fingerprint density at radius 3 is 2.57 bits per heavy atom. The Morgan fingerprint density at radius 1 is 1.00 bits per heavy atom. The third kappa shape index (κ3) is 2.81. The van der Waals surface area contributed by atoms with Crippen LogP contribution in [-0.2, 0) is 10.0 Å². The molecule has 2 aromatic heterocycles. The molecule has 0 radical (unpaired) electrons. The Hall–Kier alpha value is -2.18. The van der Waals surface area contributed by atoms with Gasteiger partial charge in [-0.3, -0.25) is 9.71 Å². The second-order valence-corrected chi connectivity index (χ2v) is 6.37. The number of anilines is 1. The Labute approximate surface area is 126 Å². The lowest BCUT2D eigenvalue weighted by atomic mass is 10.2. The summed E-state index contributed by atoms with van der Waals surface area (Å²) in [5.41, 5.74) is 1.01. The summed E-state index contributed by atoms with van der Waals surface area (Å²) < 4.78 is 27.2. The van der Waals surface area contributed by atoms with E-state index < -0.39 is 10.0 Å². The van der Waals surface area contributed by atoms with E-state index >= 15 is 0 Å². The lowest BCUT2D eigenvalue weighted by molar-refractivity contribution is 0.601. The maximum absolute atomic E-state index is 12.3. The van der Waals surface area contributed by atoms with Gasteiger partial charge < -0.3 is 0 Å². The molecule has 0 aliphatic rings. The molecule has 106 valence electrons. The molecule has 2 heterocycles. The van der Waals surface area contributed by atoms with Crippen LogP contribution in [0.15, 0.2) is 59.8 Å². The van der Waals surface area contributed by atoms with E-state index in [9.17, 15) is 8.42 Å². The van der Waals surface area contributed by atoms with Crippen molar-refractivity contribution in [2.45, 2.75) is 4.90 Å². The zero-order valence-electron chi connectivity index (χ0n) is 10.7. The molecule has 0 bridgehead atoms. The van der Waals surface area contributed by atoms with Crippen LogP contribution in [0.4, 0.5) is 5.69 Å². The fraction of sp³-hybridized carbons (Fsp3) is 0. The highest BCUT2D eigenvalue weighted by molar-refractivity contribution is 7.92. The molecule has 0 aliphatic heterocycles. The molecule has 3 rings (SSSR count). The number of halogens is 1. The first-order valence-electron chi connectivity index (χ1n) is 6.04. The van der Waals surface area contributed by atoms with Crippen molar-refractivity contribution in [3.05, 3.63) is 60.0 Å². The highest BCUT2D eigenvalue weighted by atomic mass is 35.5. The molecule has 21 heavy (non-hydrogen) atoms. The average molecular weight is 320 g/mol. The number of nitrogens with zero attached hydrogens (tertiary/aromatic N) is 2. The number of aromatic nitrogens is 2. The molecule has 0 atom stereocenters. The smallest absolute Gasteiger partial charge is 0.263 e. The summed E-state index contributed by atoms with van der Waals surface area (Å²) in [6.45, 7) is 0. The summed E-state index contributed by atoms with van der Waals surface area (Å²) in [4.78, 5) is 8.03. The van der Waals surface area contributed by atoms with Crippen LogP contribution in [0.1, 0.15) is 0 Å². The quantitative estimate of drug-likeness (QED) is 0.753. The fourth-order valence-corrected chi connectivity index (χ4v) is 3.03. The number of para-hydroxylation sites is 1. The van der Waals surface area contributed by atoms with Crippen LogP contribution >= 0.6 is 11.6 Å². The summed E-state index contributed by atoms with van der Waals surface area (Å²) in [6, 6.07) is 11.8. The molecular formula is C14H10ClN3O2S. The summed E-state index contributed by atoms with van der Waals surface area (Å²) in [5.74, 6) is 0. The van der Waals surface area contributed by atoms with Gasteiger partial charge in [-0.1, -0.05) is 29.8 Å². The van der Waals surface area contributed by atoms with Gasteiger partial charge in [-0.15, -0.1) is 0 Å². The fourth-order valence-electron chi connectivity index (χ4n) is 1.91. The Balaban J connectivity index is 2.03. The number of benzene rings is 1. The molecule has 7 heteroatoms. The first-order valence-corrected chi connectivity index (χ1v) is 7.90. The Kier molecular flexibility index (Phi) is 3.48. The molecule has 0 saturated heterocycles. The third-order valence-corrected chi connectivity index (χ3v) is 4.46. The van der Waals surface area contributed by atoms with E-state index in [-0.39, 0.29) is 10.0 Å². The van der Waals surface area contributed by atoms with Crippen molar-refractivity contribution in [1.29, 1.82) is 0 Å². The van der Waals surface area contributed by atoms with Gasteiger partial charge in [0.25, 0.3) is 10.0 Å². The van der Waals surface area contributed by atoms with E-state index in [1.54, 1.807) is 24.4 Å². The first-order chi connectivity index (χ1) is 10.1. The van der Waals surface area contributed by atoms with Crippen LogP contribution in [0.5, 0.6) is 0 Å². The van der Waals surface area contributed by atoms with Gasteiger partial charge in [0.2, 0.25) is 0 Å². The average Bonchev–Trinajstić information content (AvgIpc) is 2.48. The normalized spacial score (nSPS) is 11.5. The van der Waals surface area contributed by atoms with Gasteiger partial charge in [-0.2, -0.15) is 0 Å². The molecule has 0 spiro atoms. The van der Waals surface area contributed by atoms with Gasteiger partial charge in [0.15, 0.2) is 0 Å². The molecule has 5 nitrogen and oxygen atoms in total. The zero-order valence-corrected chi connectivity index (χ0v) is 12.3. The van der Waals surface area contributed by atoms with Gasteiger partial charge in [0, 0.05) is 17.8 Å². The predicted molar refractivity (Wildman–Crippen MR) is 81.8 cm³/mol. The summed E-state index contributed by atoms with van der Waals surface area (Å²) in [5, 5.41) is 1.09. The summed E-state index contributed by atoms with van der Waals surface area (Å²) >= 11 is 5.66. The minimum atomic E-state index is -3.73. The van der Waals surface area contributed by atoms with Crippen molar-refractivity contribution in [3.8, 4) is 0 Å². The highest BCUT2D eigenvalue weighted by Crippen LogP contribution is 2.23. The standard InChI is InChI=1S/C14H10ClN3O2S/c15-13-7-6-11(9-17-13)21(19,20)18-12-5-1-3-10-4-2-8-16-14(10)12/h1-9,18H. The highest BCUT2D eigenvalue weighted by Gasteiger charge is 2.16. The lowest BCUT2D eigenvalue weighted by Gasteiger charge is -2.09. The van der Waals surface area contributed by atoms with Crippen molar-refractivity contribution in [1.82, 2.24) is 9.97 Å². The minimum Gasteiger partial charge on any atom is -0.277 e. The topological polar surface area (TPSA) is 72.0 Å². The number of pyridine rings is 2. The Morgan fingerprint density at radius 2 is 1.81 bits per heavy atom. The zero-order chi connectivity index (χ0) is 14.9. The van der Waals surface area contributed by atoms with Crippen LogP contribution < -0.4 is 4.72 Å². The number of rotatable bonds is 3. The third-order valence-electron chi connectivity index (χ3n) is 2.89. The van der Waals surface area contributed by atoms with E-state index in [0.717, 1.165) is 5.39 Å². The van der Waals surface area contributed by atoms with Crippen molar-refractivity contribution in [3.63, 3.8) is 0 Å². The first kappa shape index (κ1) is 13.8. The number of fused-ring (bicyclic) bond motifs is 1. The van der Waals surface area contributed by atoms with Crippen LogP contribution in [0.3, 0.4) is 0 Å². The van der Waals surface area contributed by atoms with E-state index in [1.165, 1.54) is 18.3 Å². The van der Waals surface area contributed by atoms with E-state index in [1.807, 2.05) is 12.1 Å². The second kappa shape index (κ2) is 5.31. The van der Waals surface area contributed by atoms with Gasteiger partial charge in [0.1, 0.15) is 10.0 Å². The maximum atomic E-state index is 12.3. The number of sulfonamides is 1. The van der Waals surface area contributed by atoms with Crippen LogP contribution in [-0.4, -0.2) is 18.4 Å². The van der Waals surface area contributed by atoms with Gasteiger partial charge >= 0.3 is 0 Å². The molecule has 1 N–H and O–H groups in total. The molecule has 0 saturated carbocycles. The molecule has 0 amide bonds. The van der Waals surface area contributed by atoms with Crippen molar-refractivity contribution in [2.75, 3.05) is 4.72 Å². The molecule has 3 aromatic rings. The molecular weight excluding hydrogens is 310 g/mol. The van der Waals surface area contributed by atoms with Gasteiger partial charge in [-0.05, 0) is 24.3 Å². The molecule has 0 fully saturated rings. The van der Waals surface area contributed by atoms with Crippen LogP contribution in [0, 0.1) is 0 Å². The number of hydrogen-bond acceptors (Lipinski definition) is 4. The van der Waals surface area contributed by atoms with E-state index in [0.29, 0.717) is 11.2 Å². The van der Waals surface area contributed by atoms with E-state index in [4.69, 9.17) is 11.6 Å². The second-order valence-electron chi connectivity index (χ2n) is 4.30. The molecule has 0 unspecified atom stereocenters. The monoisotopic (exact) mass is 319 g/mol. The van der Waals surface area contributed by atoms with Crippen molar-refractivity contribution < 1.29 is 8.42 Å². The van der Waals surface area contributed by atoms with Gasteiger partial charge in [0.05, 0.1) is 11.2 Å². The number of nitrogens with one attached hydrogen (secondary N) is 1.